The molecular formula is C43H42N10O10. The minimum Gasteiger partial charge on any atom is -0.428 e. The molecule has 2 heterocycles. The predicted molar refractivity (Wildman–Crippen MR) is 224 cm³/mol. The monoisotopic (exact) mass is 858 g/mol. The maximum atomic E-state index is 14.0. The van der Waals surface area contributed by atoms with Gasteiger partial charge in [0.1, 0.15) is 23.9 Å². The highest BCUT2D eigenvalue weighted by Gasteiger charge is 2.21. The molecule has 0 N–H and O–H groups in total. The largest absolute Gasteiger partial charge is 0.428 e. The molecule has 0 fully saturated rings. The third-order valence-electron chi connectivity index (χ3n) is 10.2. The Balaban J connectivity index is 1.43. The Hall–Kier alpha value is -8.36. The normalized spacial score (nSPS) is 10.6. The SMILES string of the molecule is Cc1ccc(-n2c(=O)n(CCCCCCOC#N)c(=O)n(CCCCCCn3c(=O)n(-c4ccc(C)c(OC#N)c4)c(=O)n(-c4ccc(C)c(OC#N)c4)c3=O)c2=O)cc1OC#N. The maximum Gasteiger partial charge on any atom is 0.345 e. The van der Waals surface area contributed by atoms with Gasteiger partial charge in [-0.25, -0.2) is 56.2 Å². The molecule has 3 aromatic carbocycles. The van der Waals surface area contributed by atoms with Crippen LogP contribution in [0.4, 0.5) is 0 Å². The maximum absolute atomic E-state index is 14.0. The number of unbranched alkanes of at least 4 members (excludes halogenated alkanes) is 6. The molecule has 0 atom stereocenters. The van der Waals surface area contributed by atoms with Gasteiger partial charge in [0.2, 0.25) is 0 Å². The molecular weight excluding hydrogens is 817 g/mol. The summed E-state index contributed by atoms with van der Waals surface area (Å²) in [6.45, 7) is 5.02. The first-order chi connectivity index (χ1) is 30.4. The van der Waals surface area contributed by atoms with Gasteiger partial charge in [-0.1, -0.05) is 37.5 Å². The number of hydrogen-bond donors (Lipinski definition) is 0. The summed E-state index contributed by atoms with van der Waals surface area (Å²) in [5.41, 5.74) is -3.71. The van der Waals surface area contributed by atoms with Gasteiger partial charge in [-0.3, -0.25) is 0 Å². The van der Waals surface area contributed by atoms with E-state index in [1.165, 1.54) is 36.4 Å². The van der Waals surface area contributed by atoms with E-state index < -0.39 is 34.1 Å². The highest BCUT2D eigenvalue weighted by atomic mass is 16.5. The van der Waals surface area contributed by atoms with Gasteiger partial charge >= 0.3 is 34.1 Å². The molecule has 0 saturated heterocycles. The van der Waals surface area contributed by atoms with Crippen molar-refractivity contribution in [1.29, 1.82) is 21.0 Å². The Labute approximate surface area is 358 Å². The van der Waals surface area contributed by atoms with Gasteiger partial charge in [-0.2, -0.15) is 5.26 Å². The summed E-state index contributed by atoms with van der Waals surface area (Å²) in [6, 6.07) is 13.1. The van der Waals surface area contributed by atoms with Crippen LogP contribution in [0.15, 0.2) is 83.4 Å². The van der Waals surface area contributed by atoms with E-state index in [2.05, 4.69) is 0 Å². The minimum atomic E-state index is -1.03. The quantitative estimate of drug-likeness (QED) is 0.0802. The van der Waals surface area contributed by atoms with Crippen LogP contribution in [0.2, 0.25) is 0 Å². The zero-order chi connectivity index (χ0) is 45.6. The van der Waals surface area contributed by atoms with Gasteiger partial charge in [-0.15, -0.1) is 15.8 Å². The van der Waals surface area contributed by atoms with E-state index in [1.54, 1.807) is 64.0 Å². The average molecular weight is 859 g/mol. The van der Waals surface area contributed by atoms with Crippen molar-refractivity contribution in [2.45, 2.75) is 91.8 Å². The van der Waals surface area contributed by atoms with E-state index in [0.717, 1.165) is 27.4 Å². The Morgan fingerprint density at radius 2 is 0.730 bits per heavy atom. The van der Waals surface area contributed by atoms with Gasteiger partial charge in [0, 0.05) is 37.8 Å². The zero-order valence-electron chi connectivity index (χ0n) is 34.7. The van der Waals surface area contributed by atoms with Crippen LogP contribution in [0.5, 0.6) is 17.2 Å². The molecule has 20 nitrogen and oxygen atoms in total. The lowest BCUT2D eigenvalue weighted by atomic mass is 10.2. The molecule has 0 amide bonds. The first kappa shape index (κ1) is 45.7. The summed E-state index contributed by atoms with van der Waals surface area (Å²) in [4.78, 5) is 83.3. The van der Waals surface area contributed by atoms with Crippen molar-refractivity contribution in [2.75, 3.05) is 6.61 Å². The molecule has 20 heteroatoms. The van der Waals surface area contributed by atoms with Crippen LogP contribution in [0.1, 0.15) is 68.1 Å². The summed E-state index contributed by atoms with van der Waals surface area (Å²) < 4.78 is 25.0. The summed E-state index contributed by atoms with van der Waals surface area (Å²) in [7, 11) is 0. The smallest absolute Gasteiger partial charge is 0.345 e. The van der Waals surface area contributed by atoms with Crippen LogP contribution in [-0.2, 0) is 24.4 Å². The molecule has 5 aromatic rings. The lowest BCUT2D eigenvalue weighted by molar-refractivity contribution is 0.260. The second-order valence-corrected chi connectivity index (χ2v) is 14.4. The number of nitriles is 4. The van der Waals surface area contributed by atoms with Crippen molar-refractivity contribution in [3.8, 4) is 59.3 Å². The molecule has 324 valence electrons. The van der Waals surface area contributed by atoms with Crippen molar-refractivity contribution >= 4 is 0 Å². The van der Waals surface area contributed by atoms with E-state index in [4.69, 9.17) is 40.0 Å². The summed E-state index contributed by atoms with van der Waals surface area (Å²) in [5.74, 6) is 0.296. The summed E-state index contributed by atoms with van der Waals surface area (Å²) in [5, 5.41) is 36.0. The standard InChI is InChI=1S/C43H42N10O10/c1-29-12-15-32(22-35(29)61-26-45)51-39(55)48(38(54)49(40(51)56)19-10-6-7-11-21-60-25-44)18-8-4-5-9-20-50-41(57)52(33-16-13-30(2)36(23-33)62-27-46)43(59)53(42(50)58)34-17-14-31(3)37(24-34)63-28-47/h12-17,22-24H,4-11,18-21H2,1-3H3. The predicted octanol–water partition coefficient (Wildman–Crippen LogP) is 3.45. The van der Waals surface area contributed by atoms with Crippen molar-refractivity contribution in [2.24, 2.45) is 0 Å². The summed E-state index contributed by atoms with van der Waals surface area (Å²) >= 11 is 0. The fraction of sp³-hybridized carbons (Fsp3) is 0.349. The van der Waals surface area contributed by atoms with Gasteiger partial charge in [0.15, 0.2) is 0 Å². The average Bonchev–Trinajstić information content (AvgIpc) is 3.25. The van der Waals surface area contributed by atoms with Gasteiger partial charge in [0.05, 0.1) is 17.1 Å². The van der Waals surface area contributed by atoms with Gasteiger partial charge in [-0.05, 0) is 87.8 Å². The van der Waals surface area contributed by atoms with Gasteiger partial charge < -0.3 is 18.9 Å². The van der Waals surface area contributed by atoms with E-state index >= 15 is 0 Å². The number of rotatable bonds is 20. The molecule has 63 heavy (non-hydrogen) atoms. The molecule has 0 aliphatic heterocycles. The number of hydrogen-bond acceptors (Lipinski definition) is 14. The molecule has 0 bridgehead atoms. The molecule has 5 rings (SSSR count). The van der Waals surface area contributed by atoms with Crippen molar-refractivity contribution in [3.05, 3.63) is 134 Å². The number of nitrogens with zero attached hydrogens (tertiary/aromatic N) is 10. The Kier molecular flexibility index (Phi) is 15.4. The first-order valence-electron chi connectivity index (χ1n) is 19.9. The first-order valence-corrected chi connectivity index (χ1v) is 19.9. The minimum absolute atomic E-state index is 0.00337. The van der Waals surface area contributed by atoms with E-state index in [-0.39, 0.29) is 73.4 Å². The Bertz CT molecular complexity index is 2950. The topological polar surface area (TPSA) is 264 Å². The van der Waals surface area contributed by atoms with Crippen LogP contribution in [0.3, 0.4) is 0 Å². The van der Waals surface area contributed by atoms with E-state index in [1.807, 2.05) is 0 Å². The second kappa shape index (κ2) is 21.2. The Morgan fingerprint density at radius 1 is 0.413 bits per heavy atom. The third-order valence-corrected chi connectivity index (χ3v) is 10.2. The van der Waals surface area contributed by atoms with Crippen LogP contribution >= 0.6 is 0 Å². The molecule has 0 saturated carbocycles. The number of benzene rings is 3. The molecule has 0 aliphatic carbocycles. The van der Waals surface area contributed by atoms with Crippen LogP contribution < -0.4 is 48.3 Å². The number of aromatic nitrogens is 6. The molecule has 0 radical (unpaired) electrons. The van der Waals surface area contributed by atoms with Crippen LogP contribution in [-0.4, -0.2) is 34.0 Å². The lowest BCUT2D eigenvalue weighted by Gasteiger charge is -2.16. The van der Waals surface area contributed by atoms with Crippen LogP contribution in [0.25, 0.3) is 17.1 Å². The number of ether oxygens (including phenoxy) is 4. The number of aryl methyl sites for hydroxylation is 3. The highest BCUT2D eigenvalue weighted by molar-refractivity contribution is 5.47. The molecule has 0 spiro atoms. The van der Waals surface area contributed by atoms with Crippen molar-refractivity contribution < 1.29 is 18.9 Å². The molecule has 0 unspecified atom stereocenters. The van der Waals surface area contributed by atoms with E-state index in [0.29, 0.717) is 55.2 Å². The highest BCUT2D eigenvalue weighted by Crippen LogP contribution is 2.23. The lowest BCUT2D eigenvalue weighted by Crippen LogP contribution is -2.54. The van der Waals surface area contributed by atoms with E-state index in [9.17, 15) is 28.8 Å². The van der Waals surface area contributed by atoms with Crippen molar-refractivity contribution in [1.82, 2.24) is 27.4 Å². The fourth-order valence-corrected chi connectivity index (χ4v) is 6.85. The van der Waals surface area contributed by atoms with Crippen molar-refractivity contribution in [3.63, 3.8) is 0 Å². The van der Waals surface area contributed by atoms with Gasteiger partial charge in [0.25, 0.3) is 25.0 Å². The fourth-order valence-electron chi connectivity index (χ4n) is 6.85. The third kappa shape index (κ3) is 10.3. The summed E-state index contributed by atoms with van der Waals surface area (Å²) in [6.07, 6.45) is 9.95. The second-order valence-electron chi connectivity index (χ2n) is 14.4. The zero-order valence-corrected chi connectivity index (χ0v) is 34.7. The Morgan fingerprint density at radius 3 is 1.06 bits per heavy atom. The molecule has 0 aliphatic rings. The van der Waals surface area contributed by atoms with Crippen LogP contribution in [0, 0.1) is 66.8 Å². The molecule has 2 aromatic heterocycles.